The molecule has 0 aliphatic rings. The monoisotopic (exact) mass is 382 g/mol. The summed E-state index contributed by atoms with van der Waals surface area (Å²) in [5, 5.41) is 11.2. The molecule has 0 radical (unpaired) electrons. The third kappa shape index (κ3) is 3.73. The Morgan fingerprint density at radius 3 is 2.77 bits per heavy atom. The zero-order valence-electron chi connectivity index (χ0n) is 14.5. The fourth-order valence-electron chi connectivity index (χ4n) is 2.60. The normalized spacial score (nSPS) is 12.4. The summed E-state index contributed by atoms with van der Waals surface area (Å²) in [4.78, 5) is 9.10. The maximum atomic E-state index is 5.82. The fourth-order valence-corrected chi connectivity index (χ4v) is 4.15. The molecule has 132 valence electrons. The van der Waals surface area contributed by atoms with Crippen molar-refractivity contribution in [3.8, 4) is 10.8 Å². The molecule has 0 aliphatic heterocycles. The maximum Gasteiger partial charge on any atom is 0.257 e. The van der Waals surface area contributed by atoms with Crippen LogP contribution in [-0.2, 0) is 6.42 Å². The number of hydrogen-bond donors (Lipinski definition) is 1. The summed E-state index contributed by atoms with van der Waals surface area (Å²) in [5.74, 6) is 1.18. The quantitative estimate of drug-likeness (QED) is 0.460. The lowest BCUT2D eigenvalue weighted by atomic mass is 10.1. The van der Waals surface area contributed by atoms with E-state index in [0.717, 1.165) is 27.8 Å². The Kier molecular flexibility index (Phi) is 4.90. The molecule has 1 atom stereocenters. The van der Waals surface area contributed by atoms with Crippen molar-refractivity contribution in [2.24, 2.45) is 0 Å². The number of hydrogen-bond acceptors (Lipinski definition) is 6. The molecule has 1 N–H and O–H groups in total. The second kappa shape index (κ2) is 7.47. The Morgan fingerprint density at radius 2 is 2.00 bits per heavy atom. The summed E-state index contributed by atoms with van der Waals surface area (Å²) in [6.45, 7) is 4.10. The first-order valence-corrected chi connectivity index (χ1v) is 10.1. The molecule has 4 aromatic rings. The molecule has 1 aromatic carbocycles. The Bertz CT molecular complexity index is 976. The van der Waals surface area contributed by atoms with Gasteiger partial charge in [-0.3, -0.25) is 0 Å². The molecular weight excluding hydrogens is 364 g/mol. The average molecular weight is 383 g/mol. The zero-order valence-corrected chi connectivity index (χ0v) is 16.1. The van der Waals surface area contributed by atoms with E-state index in [1.807, 2.05) is 30.5 Å². The van der Waals surface area contributed by atoms with Crippen molar-refractivity contribution < 1.29 is 4.42 Å². The predicted octanol–water partition coefficient (Wildman–Crippen LogP) is 5.27. The highest BCUT2D eigenvalue weighted by Gasteiger charge is 2.19. The van der Waals surface area contributed by atoms with Crippen molar-refractivity contribution in [2.75, 3.05) is 0 Å². The van der Waals surface area contributed by atoms with Crippen LogP contribution in [0.1, 0.15) is 35.0 Å². The van der Waals surface area contributed by atoms with Crippen molar-refractivity contribution in [2.45, 2.75) is 30.7 Å². The Labute approximate surface area is 159 Å². The van der Waals surface area contributed by atoms with Gasteiger partial charge in [0, 0.05) is 12.1 Å². The van der Waals surface area contributed by atoms with Crippen LogP contribution in [0.2, 0.25) is 0 Å². The highest BCUT2D eigenvalue weighted by Crippen LogP contribution is 2.34. The van der Waals surface area contributed by atoms with Crippen molar-refractivity contribution >= 4 is 23.1 Å². The van der Waals surface area contributed by atoms with Crippen LogP contribution >= 0.6 is 23.1 Å². The van der Waals surface area contributed by atoms with Gasteiger partial charge in [-0.15, -0.1) is 21.5 Å². The number of imidazole rings is 1. The van der Waals surface area contributed by atoms with Gasteiger partial charge in [-0.1, -0.05) is 48.2 Å². The topological polar surface area (TPSA) is 67.6 Å². The molecule has 0 aliphatic carbocycles. The molecule has 0 bridgehead atoms. The van der Waals surface area contributed by atoms with E-state index >= 15 is 0 Å². The summed E-state index contributed by atoms with van der Waals surface area (Å²) in [6.07, 6.45) is 0.821. The van der Waals surface area contributed by atoms with Gasteiger partial charge >= 0.3 is 0 Å². The van der Waals surface area contributed by atoms with Crippen molar-refractivity contribution in [1.82, 2.24) is 20.2 Å². The molecule has 26 heavy (non-hydrogen) atoms. The Balaban J connectivity index is 1.46. The van der Waals surface area contributed by atoms with Gasteiger partial charge in [-0.25, -0.2) is 4.98 Å². The Morgan fingerprint density at radius 1 is 1.15 bits per heavy atom. The van der Waals surface area contributed by atoms with Crippen molar-refractivity contribution in [3.05, 3.63) is 70.7 Å². The number of nitrogens with one attached hydrogen (secondary N) is 1. The number of rotatable bonds is 6. The summed E-state index contributed by atoms with van der Waals surface area (Å²) in [6, 6.07) is 14.3. The molecule has 0 spiro atoms. The molecule has 3 aromatic heterocycles. The lowest BCUT2D eigenvalue weighted by Gasteiger charge is -2.03. The lowest BCUT2D eigenvalue weighted by Crippen LogP contribution is -1.91. The van der Waals surface area contributed by atoms with Gasteiger partial charge in [-0.2, -0.15) is 0 Å². The molecule has 7 heteroatoms. The standard InChI is InChI=1S/C19H18N4OS2/c1-12-15(11-14-7-4-3-5-8-14)21-19(20-12)26-13(2)17-22-23-18(24-17)16-9-6-10-25-16/h3-10,13H,11H2,1-2H3,(H,20,21). The number of nitrogens with zero attached hydrogens (tertiary/aromatic N) is 3. The van der Waals surface area contributed by atoms with Crippen LogP contribution in [0.5, 0.6) is 0 Å². The summed E-state index contributed by atoms with van der Waals surface area (Å²) in [7, 11) is 0. The minimum atomic E-state index is 0.0198. The first-order valence-electron chi connectivity index (χ1n) is 8.32. The van der Waals surface area contributed by atoms with Crippen LogP contribution in [0.3, 0.4) is 0 Å². The summed E-state index contributed by atoms with van der Waals surface area (Å²) < 4.78 is 5.82. The van der Waals surface area contributed by atoms with Gasteiger partial charge in [0.2, 0.25) is 5.89 Å². The van der Waals surface area contributed by atoms with Gasteiger partial charge in [0.25, 0.3) is 5.89 Å². The zero-order chi connectivity index (χ0) is 17.9. The smallest absolute Gasteiger partial charge is 0.257 e. The molecule has 0 saturated carbocycles. The van der Waals surface area contributed by atoms with Gasteiger partial charge in [-0.05, 0) is 30.9 Å². The molecule has 0 saturated heterocycles. The highest BCUT2D eigenvalue weighted by molar-refractivity contribution is 7.99. The summed E-state index contributed by atoms with van der Waals surface area (Å²) in [5.41, 5.74) is 3.41. The van der Waals surface area contributed by atoms with Gasteiger partial charge in [0.1, 0.15) is 0 Å². The summed E-state index contributed by atoms with van der Waals surface area (Å²) >= 11 is 3.18. The van der Waals surface area contributed by atoms with Gasteiger partial charge < -0.3 is 9.40 Å². The van der Waals surface area contributed by atoms with E-state index in [1.54, 1.807) is 23.1 Å². The van der Waals surface area contributed by atoms with Gasteiger partial charge in [0.05, 0.1) is 15.8 Å². The molecule has 4 rings (SSSR count). The van der Waals surface area contributed by atoms with E-state index < -0.39 is 0 Å². The highest BCUT2D eigenvalue weighted by atomic mass is 32.2. The van der Waals surface area contributed by atoms with E-state index in [1.165, 1.54) is 5.56 Å². The SMILES string of the molecule is Cc1[nH]c(SC(C)c2nnc(-c3cccs3)o2)nc1Cc1ccccc1. The van der Waals surface area contributed by atoms with Crippen LogP contribution in [-0.4, -0.2) is 20.2 Å². The third-order valence-electron chi connectivity index (χ3n) is 3.99. The molecule has 5 nitrogen and oxygen atoms in total. The molecule has 0 amide bonds. The van der Waals surface area contributed by atoms with Gasteiger partial charge in [0.15, 0.2) is 5.16 Å². The number of thioether (sulfide) groups is 1. The van der Waals surface area contributed by atoms with Crippen LogP contribution < -0.4 is 0 Å². The van der Waals surface area contributed by atoms with Crippen LogP contribution in [0.25, 0.3) is 10.8 Å². The minimum Gasteiger partial charge on any atom is -0.419 e. The van der Waals surface area contributed by atoms with Crippen LogP contribution in [0.15, 0.2) is 57.4 Å². The number of thiophene rings is 1. The van der Waals surface area contributed by atoms with E-state index in [2.05, 4.69) is 46.4 Å². The largest absolute Gasteiger partial charge is 0.419 e. The lowest BCUT2D eigenvalue weighted by molar-refractivity contribution is 0.510. The molecule has 1 unspecified atom stereocenters. The number of H-pyrrole nitrogens is 1. The number of aromatic amines is 1. The Hall–Kier alpha value is -2.38. The third-order valence-corrected chi connectivity index (χ3v) is 5.82. The van der Waals surface area contributed by atoms with E-state index in [-0.39, 0.29) is 5.25 Å². The second-order valence-corrected chi connectivity index (χ2v) is 8.24. The molecule has 0 fully saturated rings. The maximum absolute atomic E-state index is 5.82. The minimum absolute atomic E-state index is 0.0198. The predicted molar refractivity (Wildman–Crippen MR) is 104 cm³/mol. The van der Waals surface area contributed by atoms with E-state index in [4.69, 9.17) is 9.40 Å². The number of aromatic nitrogens is 4. The van der Waals surface area contributed by atoms with E-state index in [9.17, 15) is 0 Å². The first-order chi connectivity index (χ1) is 12.7. The van der Waals surface area contributed by atoms with Crippen LogP contribution in [0, 0.1) is 6.92 Å². The fraction of sp³-hybridized carbons (Fsp3) is 0.211. The van der Waals surface area contributed by atoms with Crippen molar-refractivity contribution in [3.63, 3.8) is 0 Å². The second-order valence-electron chi connectivity index (χ2n) is 5.96. The van der Waals surface area contributed by atoms with E-state index in [0.29, 0.717) is 11.8 Å². The average Bonchev–Trinajstić information content (AvgIpc) is 3.37. The number of aryl methyl sites for hydroxylation is 1. The van der Waals surface area contributed by atoms with Crippen molar-refractivity contribution in [1.29, 1.82) is 0 Å². The number of benzene rings is 1. The van der Waals surface area contributed by atoms with Crippen LogP contribution in [0.4, 0.5) is 0 Å². The molecular formula is C19H18N4OS2. The molecule has 3 heterocycles. The first kappa shape index (κ1) is 17.1.